The number of hydrogen-bond acceptors (Lipinski definition) is 15. The van der Waals surface area contributed by atoms with E-state index in [-0.39, 0.29) is 107 Å². The second-order valence-electron chi connectivity index (χ2n) is 21.5. The standard InChI is InChI=1S/C56H89N15O13/c1-31(2)26-40(52(81)68-41(27-32(3)4)53(82)70-42(28-34-12-7-6-8-13-34)55(84)71-44(30-72)47(60)76)67-50(79)37(14-9-10-24-57)65-49(78)38(15-11-25-63-56(61)62)66-54(83)43(29-35-17-19-36(73)20-18-35)69-51(80)39(21-23-46(59)75)64-48(77)33(5)16-22-45(58)74/h6-8,12-13,17-20,31-33,37-44,72-73H,9-11,14-16,21-30,57H2,1-5H3,(H2,58,74)(H2,59,75)(H2,60,76)(H,64,77)(H,65,78)(H,66,83)(H,67,79)(H,68,81)(H,69,80)(H,70,82)(H,71,84)(H4,61,62,63)/t33-,37-,38-,39-,40-,41-,42-,43-,44-/m0/s1. The maximum atomic E-state index is 14.6. The van der Waals surface area contributed by atoms with Crippen molar-refractivity contribution in [2.24, 2.45) is 57.1 Å². The van der Waals surface area contributed by atoms with Crippen LogP contribution in [0.5, 0.6) is 5.75 Å². The number of aliphatic hydroxyl groups excluding tert-OH is 1. The van der Waals surface area contributed by atoms with Crippen LogP contribution < -0.4 is 76.9 Å². The fraction of sp³-hybridized carbons (Fsp3) is 0.571. The molecule has 0 aliphatic heterocycles. The number of aliphatic hydroxyl groups is 1. The molecule has 11 amide bonds. The summed E-state index contributed by atoms with van der Waals surface area (Å²) in [7, 11) is 0. The molecule has 0 aliphatic carbocycles. The van der Waals surface area contributed by atoms with Crippen molar-refractivity contribution in [1.82, 2.24) is 42.5 Å². The zero-order chi connectivity index (χ0) is 63.1. The Bertz CT molecular complexity index is 2530. The summed E-state index contributed by atoms with van der Waals surface area (Å²) in [6.45, 7) is 8.11. The molecule has 9 atom stereocenters. The van der Waals surface area contributed by atoms with E-state index in [0.29, 0.717) is 24.0 Å². The van der Waals surface area contributed by atoms with Crippen LogP contribution in [0, 0.1) is 17.8 Å². The van der Waals surface area contributed by atoms with Gasteiger partial charge in [-0.3, -0.25) is 57.7 Å². The smallest absolute Gasteiger partial charge is 0.243 e. The molecule has 2 aromatic carbocycles. The van der Waals surface area contributed by atoms with Crippen molar-refractivity contribution >= 4 is 70.9 Å². The second-order valence-corrected chi connectivity index (χ2v) is 21.5. The van der Waals surface area contributed by atoms with Crippen molar-refractivity contribution in [3.8, 4) is 5.75 Å². The van der Waals surface area contributed by atoms with Gasteiger partial charge in [-0.2, -0.15) is 0 Å². The minimum absolute atomic E-state index is 0.00263. The van der Waals surface area contributed by atoms with E-state index in [4.69, 9.17) is 34.4 Å². The molecule has 0 heterocycles. The predicted octanol–water partition coefficient (Wildman–Crippen LogP) is -3.02. The quantitative estimate of drug-likeness (QED) is 0.0179. The summed E-state index contributed by atoms with van der Waals surface area (Å²) in [5.41, 5.74) is 34.0. The fourth-order valence-electron chi connectivity index (χ4n) is 8.55. The van der Waals surface area contributed by atoms with E-state index in [1.54, 1.807) is 58.0 Å². The summed E-state index contributed by atoms with van der Waals surface area (Å²) < 4.78 is 0. The van der Waals surface area contributed by atoms with E-state index in [0.717, 1.165) is 0 Å². The van der Waals surface area contributed by atoms with Gasteiger partial charge in [-0.25, -0.2) is 0 Å². The zero-order valence-corrected chi connectivity index (χ0v) is 48.7. The van der Waals surface area contributed by atoms with E-state index in [1.807, 2.05) is 0 Å². The van der Waals surface area contributed by atoms with Crippen LogP contribution in [0.1, 0.15) is 116 Å². The highest BCUT2D eigenvalue weighted by atomic mass is 16.3. The fourth-order valence-corrected chi connectivity index (χ4v) is 8.55. The number of phenols is 1. The molecule has 0 fully saturated rings. The zero-order valence-electron chi connectivity index (χ0n) is 48.7. The number of rotatable bonds is 40. The van der Waals surface area contributed by atoms with Gasteiger partial charge in [0.1, 0.15) is 54.1 Å². The molecule has 0 radical (unpaired) electrons. The molecule has 0 aromatic heterocycles. The van der Waals surface area contributed by atoms with Crippen molar-refractivity contribution in [2.75, 3.05) is 19.7 Å². The lowest BCUT2D eigenvalue weighted by molar-refractivity contribution is -0.136. The third kappa shape index (κ3) is 28.1. The molecule has 0 spiro atoms. The van der Waals surface area contributed by atoms with Gasteiger partial charge in [-0.15, -0.1) is 0 Å². The van der Waals surface area contributed by atoms with Crippen LogP contribution in [0.2, 0.25) is 0 Å². The first-order valence-corrected chi connectivity index (χ1v) is 28.1. The number of aliphatic imine (C=N–C) groups is 1. The molecule has 22 N–H and O–H groups in total. The number of guanidine groups is 1. The largest absolute Gasteiger partial charge is 0.508 e. The number of unbranched alkanes of at least 4 members (excludes halogenated alkanes) is 1. The van der Waals surface area contributed by atoms with E-state index in [2.05, 4.69) is 47.5 Å². The van der Waals surface area contributed by atoms with Crippen LogP contribution >= 0.6 is 0 Å². The molecule has 28 nitrogen and oxygen atoms in total. The van der Waals surface area contributed by atoms with Gasteiger partial charge in [0.05, 0.1) is 6.61 Å². The third-order valence-corrected chi connectivity index (χ3v) is 13.2. The Kier molecular flexibility index (Phi) is 32.1. The number of hydrogen-bond donors (Lipinski definition) is 16. The highest BCUT2D eigenvalue weighted by molar-refractivity contribution is 5.98. The van der Waals surface area contributed by atoms with Gasteiger partial charge in [0.25, 0.3) is 0 Å². The van der Waals surface area contributed by atoms with Crippen LogP contribution in [-0.2, 0) is 65.6 Å². The number of benzene rings is 2. The summed E-state index contributed by atoms with van der Waals surface area (Å²) in [6, 6.07) is 3.23. The van der Waals surface area contributed by atoms with Gasteiger partial charge in [0.2, 0.25) is 65.0 Å². The SMILES string of the molecule is CC(C)C[C@H](NC(=O)[C@H](CC(C)C)NC(=O)[C@H](CCCCN)NC(=O)[C@H](CCCN=C(N)N)NC(=O)[C@H](Cc1ccc(O)cc1)NC(=O)[C@H](CCC(N)=O)NC(=O)[C@@H](C)CCC(N)=O)C(=O)N[C@@H](Cc1ccccc1)C(=O)N[C@@H](CO)C(N)=O. The number of nitrogens with two attached hydrogens (primary N) is 6. The van der Waals surface area contributed by atoms with Crippen LogP contribution in [0.3, 0.4) is 0 Å². The van der Waals surface area contributed by atoms with Crippen molar-refractivity contribution in [3.05, 3.63) is 65.7 Å². The lowest BCUT2D eigenvalue weighted by atomic mass is 9.98. The average molecular weight is 1180 g/mol. The maximum Gasteiger partial charge on any atom is 0.243 e. The average Bonchev–Trinajstić information content (AvgIpc) is 3.63. The summed E-state index contributed by atoms with van der Waals surface area (Å²) in [5.74, 6) is -10.6. The summed E-state index contributed by atoms with van der Waals surface area (Å²) in [5, 5.41) is 40.8. The number of primary amides is 3. The summed E-state index contributed by atoms with van der Waals surface area (Å²) >= 11 is 0. The Morgan fingerprint density at radius 2 is 0.833 bits per heavy atom. The van der Waals surface area contributed by atoms with Crippen LogP contribution in [0.15, 0.2) is 59.6 Å². The molecule has 0 saturated carbocycles. The second kappa shape index (κ2) is 37.7. The normalized spacial score (nSPS) is 14.3. The Morgan fingerprint density at radius 3 is 1.26 bits per heavy atom. The van der Waals surface area contributed by atoms with E-state index < -0.39 is 126 Å². The van der Waals surface area contributed by atoms with Gasteiger partial charge < -0.3 is 87.1 Å². The molecule has 84 heavy (non-hydrogen) atoms. The van der Waals surface area contributed by atoms with Gasteiger partial charge in [-0.05, 0) is 99.4 Å². The highest BCUT2D eigenvalue weighted by Crippen LogP contribution is 2.16. The van der Waals surface area contributed by atoms with Gasteiger partial charge >= 0.3 is 0 Å². The van der Waals surface area contributed by atoms with Gasteiger partial charge in [0.15, 0.2) is 5.96 Å². The first-order chi connectivity index (χ1) is 39.6. The topological polar surface area (TPSA) is 493 Å². The monoisotopic (exact) mass is 1180 g/mol. The Morgan fingerprint density at radius 1 is 0.452 bits per heavy atom. The van der Waals surface area contributed by atoms with Crippen molar-refractivity contribution in [3.63, 3.8) is 0 Å². The molecule has 466 valence electrons. The number of amides is 11. The van der Waals surface area contributed by atoms with Crippen LogP contribution in [-0.4, -0.2) is 149 Å². The van der Waals surface area contributed by atoms with Crippen LogP contribution in [0.4, 0.5) is 0 Å². The first kappa shape index (κ1) is 71.7. The van der Waals surface area contributed by atoms with E-state index in [1.165, 1.54) is 31.2 Å². The highest BCUT2D eigenvalue weighted by Gasteiger charge is 2.36. The van der Waals surface area contributed by atoms with Crippen molar-refractivity contribution in [2.45, 2.75) is 166 Å². The van der Waals surface area contributed by atoms with Crippen molar-refractivity contribution < 1.29 is 63.0 Å². The van der Waals surface area contributed by atoms with Crippen molar-refractivity contribution in [1.29, 1.82) is 0 Å². The summed E-state index contributed by atoms with van der Waals surface area (Å²) in [4.78, 5) is 152. The number of aromatic hydroxyl groups is 1. The summed E-state index contributed by atoms with van der Waals surface area (Å²) in [6.07, 6.45) is -0.219. The lowest BCUT2D eigenvalue weighted by Crippen LogP contribution is -2.61. The van der Waals surface area contributed by atoms with Gasteiger partial charge in [0, 0.05) is 38.1 Å². The Labute approximate surface area is 489 Å². The molecule has 2 aromatic rings. The third-order valence-electron chi connectivity index (χ3n) is 13.2. The first-order valence-electron chi connectivity index (χ1n) is 28.1. The number of carbonyl (C=O) groups is 11. The molecule has 0 bridgehead atoms. The predicted molar refractivity (Wildman–Crippen MR) is 311 cm³/mol. The number of phenolic OH excluding ortho intramolecular Hbond substituents is 1. The van der Waals surface area contributed by atoms with E-state index >= 15 is 0 Å². The molecule has 0 unspecified atom stereocenters. The Balaban J connectivity index is 2.57. The minimum Gasteiger partial charge on any atom is -0.508 e. The minimum atomic E-state index is -1.50. The molecular weight excluding hydrogens is 1090 g/mol. The molecular formula is C56H89N15O13. The Hall–Kier alpha value is -8.40. The molecule has 0 saturated heterocycles. The van der Waals surface area contributed by atoms with Crippen LogP contribution in [0.25, 0.3) is 0 Å². The molecule has 28 heteroatoms. The molecule has 2 rings (SSSR count). The number of nitrogens with zero attached hydrogens (tertiary/aromatic N) is 1. The van der Waals surface area contributed by atoms with E-state index in [9.17, 15) is 63.0 Å². The van der Waals surface area contributed by atoms with Gasteiger partial charge in [-0.1, -0.05) is 77.1 Å². The number of nitrogens with one attached hydrogen (secondary N) is 8. The lowest BCUT2D eigenvalue weighted by Gasteiger charge is -2.29. The number of carbonyl (C=O) groups excluding carboxylic acids is 11. The maximum absolute atomic E-state index is 14.6. The molecule has 0 aliphatic rings.